The Morgan fingerprint density at radius 3 is 1.73 bits per heavy atom. The smallest absolute Gasteiger partial charge is 0.326 e. The molecule has 0 saturated carbocycles. The maximum atomic E-state index is 10.5. The Morgan fingerprint density at radius 2 is 1.47 bits per heavy atom. The Bertz CT molecular complexity index is 269. The molecule has 0 aromatic heterocycles. The van der Waals surface area contributed by atoms with Crippen LogP contribution in [0.5, 0.6) is 0 Å². The van der Waals surface area contributed by atoms with Gasteiger partial charge in [-0.3, -0.25) is 19.1 Å². The fraction of sp³-hybridized carbons (Fsp3) is 0.667. The Hall–Kier alpha value is -0.950. The zero-order chi connectivity index (χ0) is 12.1. The number of carbonyl (C=O) groups is 2. The lowest BCUT2D eigenvalue weighted by Gasteiger charge is -2.17. The fourth-order valence-electron chi connectivity index (χ4n) is 0.868. The lowest BCUT2D eigenvalue weighted by atomic mass is 10.4. The summed E-state index contributed by atoms with van der Waals surface area (Å²) in [5, 5.41) is 16.8. The molecule has 88 valence electrons. The normalized spacial score (nSPS) is 11.7. The van der Waals surface area contributed by atoms with E-state index in [0.717, 1.165) is 4.90 Å². The summed E-state index contributed by atoms with van der Waals surface area (Å²) < 4.78 is 10.5. The van der Waals surface area contributed by atoms with Crippen molar-refractivity contribution in [2.75, 3.05) is 25.8 Å². The molecule has 0 radical (unpaired) electrons. The average Bonchev–Trinajstić information content (AvgIpc) is 1.96. The first kappa shape index (κ1) is 14.1. The van der Waals surface area contributed by atoms with Crippen molar-refractivity contribution in [3.63, 3.8) is 0 Å². The van der Waals surface area contributed by atoms with Crippen molar-refractivity contribution in [3.05, 3.63) is 0 Å². The van der Waals surface area contributed by atoms with Gasteiger partial charge in [-0.2, -0.15) is 0 Å². The maximum Gasteiger partial charge on any atom is 0.326 e. The highest BCUT2D eigenvalue weighted by molar-refractivity contribution is 7.51. The summed E-state index contributed by atoms with van der Waals surface area (Å²) in [6, 6.07) is 0. The van der Waals surface area contributed by atoms with Gasteiger partial charge in [0.15, 0.2) is 0 Å². The Kier molecular flexibility index (Phi) is 5.45. The van der Waals surface area contributed by atoms with Gasteiger partial charge in [-0.15, -0.1) is 0 Å². The number of nitrogens with zero attached hydrogens (tertiary/aromatic N) is 1. The highest BCUT2D eigenvalue weighted by atomic mass is 31.2. The molecular formula is C6H12NO7P. The number of carboxylic acids is 2. The molecule has 0 rings (SSSR count). The van der Waals surface area contributed by atoms with Crippen LogP contribution in [0.2, 0.25) is 0 Å². The molecule has 0 aliphatic carbocycles. The van der Waals surface area contributed by atoms with Gasteiger partial charge in [-0.25, -0.2) is 0 Å². The zero-order valence-corrected chi connectivity index (χ0v) is 8.63. The van der Waals surface area contributed by atoms with Crippen LogP contribution in [-0.2, 0) is 14.2 Å². The van der Waals surface area contributed by atoms with Crippen molar-refractivity contribution >= 4 is 19.5 Å². The summed E-state index contributed by atoms with van der Waals surface area (Å²) in [4.78, 5) is 38.6. The fourth-order valence-corrected chi connectivity index (χ4v) is 1.41. The molecule has 0 aliphatic rings. The van der Waals surface area contributed by atoms with Crippen LogP contribution in [0.15, 0.2) is 0 Å². The molecular weight excluding hydrogens is 229 g/mol. The van der Waals surface area contributed by atoms with Gasteiger partial charge in [0.25, 0.3) is 0 Å². The SMILES string of the molecule is O=C(O)CN(CCP(=O)(O)O)CC(=O)O. The van der Waals surface area contributed by atoms with E-state index in [-0.39, 0.29) is 6.54 Å². The second kappa shape index (κ2) is 5.82. The van der Waals surface area contributed by atoms with E-state index in [2.05, 4.69) is 0 Å². The van der Waals surface area contributed by atoms with Crippen molar-refractivity contribution in [1.82, 2.24) is 4.90 Å². The molecule has 0 aliphatic heterocycles. The minimum Gasteiger partial charge on any atom is -0.480 e. The van der Waals surface area contributed by atoms with E-state index < -0.39 is 38.8 Å². The van der Waals surface area contributed by atoms with Crippen molar-refractivity contribution < 1.29 is 34.2 Å². The standard InChI is InChI=1S/C6H12NO7P/c8-5(9)3-7(4-6(10)11)1-2-15(12,13)14/h1-4H2,(H,8,9)(H,10,11)(H2,12,13,14). The largest absolute Gasteiger partial charge is 0.480 e. The molecule has 0 aromatic rings. The summed E-state index contributed by atoms with van der Waals surface area (Å²) in [6.45, 7) is -1.40. The van der Waals surface area contributed by atoms with Crippen LogP contribution in [0.25, 0.3) is 0 Å². The quantitative estimate of drug-likeness (QED) is 0.401. The summed E-state index contributed by atoms with van der Waals surface area (Å²) in [5.41, 5.74) is 0. The van der Waals surface area contributed by atoms with Crippen LogP contribution in [0.1, 0.15) is 0 Å². The summed E-state index contributed by atoms with van der Waals surface area (Å²) in [5.74, 6) is -2.50. The van der Waals surface area contributed by atoms with Gasteiger partial charge < -0.3 is 20.0 Å². The molecule has 0 amide bonds. The summed E-state index contributed by atoms with van der Waals surface area (Å²) in [6.07, 6.45) is -0.562. The molecule has 9 heteroatoms. The molecule has 0 spiro atoms. The first-order chi connectivity index (χ1) is 6.70. The van der Waals surface area contributed by atoms with Crippen molar-refractivity contribution in [3.8, 4) is 0 Å². The number of hydrogen-bond acceptors (Lipinski definition) is 4. The van der Waals surface area contributed by atoms with Gasteiger partial charge in [-0.05, 0) is 0 Å². The Labute approximate surface area is 85.3 Å². The minimum absolute atomic E-state index is 0.275. The lowest BCUT2D eigenvalue weighted by Crippen LogP contribution is -2.36. The van der Waals surface area contributed by atoms with Gasteiger partial charge in [0.1, 0.15) is 0 Å². The van der Waals surface area contributed by atoms with Crippen LogP contribution in [0.3, 0.4) is 0 Å². The topological polar surface area (TPSA) is 135 Å². The third-order valence-corrected chi connectivity index (χ3v) is 2.21. The van der Waals surface area contributed by atoms with E-state index in [0.29, 0.717) is 0 Å². The molecule has 0 atom stereocenters. The molecule has 0 heterocycles. The van der Waals surface area contributed by atoms with Gasteiger partial charge in [0.2, 0.25) is 0 Å². The molecule has 8 nitrogen and oxygen atoms in total. The highest BCUT2D eigenvalue weighted by Gasteiger charge is 2.19. The van der Waals surface area contributed by atoms with Crippen LogP contribution in [-0.4, -0.2) is 62.6 Å². The van der Waals surface area contributed by atoms with E-state index in [1.807, 2.05) is 0 Å². The van der Waals surface area contributed by atoms with Crippen molar-refractivity contribution in [2.24, 2.45) is 0 Å². The minimum atomic E-state index is -4.23. The van der Waals surface area contributed by atoms with Gasteiger partial charge in [0.05, 0.1) is 19.3 Å². The van der Waals surface area contributed by atoms with Gasteiger partial charge in [0, 0.05) is 6.54 Å². The van der Waals surface area contributed by atoms with E-state index in [4.69, 9.17) is 20.0 Å². The van der Waals surface area contributed by atoms with Crippen LogP contribution in [0, 0.1) is 0 Å². The Balaban J connectivity index is 4.18. The summed E-state index contributed by atoms with van der Waals surface area (Å²) in [7, 11) is -4.23. The van der Waals surface area contributed by atoms with E-state index in [1.54, 1.807) is 0 Å². The predicted octanol–water partition coefficient (Wildman–Crippen LogP) is -1.36. The van der Waals surface area contributed by atoms with E-state index >= 15 is 0 Å². The zero-order valence-electron chi connectivity index (χ0n) is 7.74. The molecule has 0 unspecified atom stereocenters. The lowest BCUT2D eigenvalue weighted by molar-refractivity contribution is -0.141. The van der Waals surface area contributed by atoms with E-state index in [9.17, 15) is 14.2 Å². The maximum absolute atomic E-state index is 10.5. The number of aliphatic carboxylic acids is 2. The van der Waals surface area contributed by atoms with Crippen LogP contribution in [0.4, 0.5) is 0 Å². The molecule has 4 N–H and O–H groups in total. The van der Waals surface area contributed by atoms with Gasteiger partial charge >= 0.3 is 19.5 Å². The summed E-state index contributed by atoms with van der Waals surface area (Å²) >= 11 is 0. The highest BCUT2D eigenvalue weighted by Crippen LogP contribution is 2.33. The predicted molar refractivity (Wildman–Crippen MR) is 48.6 cm³/mol. The molecule has 0 saturated heterocycles. The third kappa shape index (κ3) is 9.36. The molecule has 15 heavy (non-hydrogen) atoms. The van der Waals surface area contributed by atoms with Crippen molar-refractivity contribution in [1.29, 1.82) is 0 Å². The molecule has 0 fully saturated rings. The average molecular weight is 241 g/mol. The molecule has 0 bridgehead atoms. The van der Waals surface area contributed by atoms with E-state index in [1.165, 1.54) is 0 Å². The number of hydrogen-bond donors (Lipinski definition) is 4. The van der Waals surface area contributed by atoms with Crippen LogP contribution < -0.4 is 0 Å². The first-order valence-electron chi connectivity index (χ1n) is 3.91. The second-order valence-corrected chi connectivity index (χ2v) is 4.66. The first-order valence-corrected chi connectivity index (χ1v) is 5.71. The molecule has 0 aromatic carbocycles. The van der Waals surface area contributed by atoms with Crippen LogP contribution >= 0.6 is 7.60 Å². The van der Waals surface area contributed by atoms with Crippen molar-refractivity contribution in [2.45, 2.75) is 0 Å². The monoisotopic (exact) mass is 241 g/mol. The third-order valence-electron chi connectivity index (χ3n) is 1.43. The number of rotatable bonds is 7. The van der Waals surface area contributed by atoms with Gasteiger partial charge in [-0.1, -0.05) is 0 Å². The Morgan fingerprint density at radius 1 is 1.07 bits per heavy atom. The number of carboxylic acid groups (broad SMARTS) is 2. The second-order valence-electron chi connectivity index (χ2n) is 2.89.